The van der Waals surface area contributed by atoms with E-state index in [9.17, 15) is 19.2 Å². The third kappa shape index (κ3) is 24.1. The lowest BCUT2D eigenvalue weighted by Gasteiger charge is -2.26. The van der Waals surface area contributed by atoms with Crippen LogP contribution >= 0.6 is 92.8 Å². The van der Waals surface area contributed by atoms with Crippen molar-refractivity contribution in [2.45, 2.75) is 142 Å². The van der Waals surface area contributed by atoms with Gasteiger partial charge in [-0.3, -0.25) is 40.0 Å². The van der Waals surface area contributed by atoms with Gasteiger partial charge in [-0.05, 0) is 189 Å². The van der Waals surface area contributed by atoms with Crippen LogP contribution < -0.4 is 21.5 Å². The van der Waals surface area contributed by atoms with Crippen LogP contribution in [0, 0.1) is 13.8 Å². The van der Waals surface area contributed by atoms with E-state index in [2.05, 4.69) is 67.6 Å². The van der Waals surface area contributed by atoms with Crippen molar-refractivity contribution in [1.29, 1.82) is 0 Å². The van der Waals surface area contributed by atoms with Crippen molar-refractivity contribution in [3.8, 4) is 113 Å². The predicted molar refractivity (Wildman–Crippen MR) is 559 cm³/mol. The maximum absolute atomic E-state index is 13.5. The van der Waals surface area contributed by atoms with E-state index < -0.39 is 0 Å². The van der Waals surface area contributed by atoms with E-state index in [1.54, 1.807) is 124 Å². The van der Waals surface area contributed by atoms with Gasteiger partial charge in [0, 0.05) is 159 Å². The number of aromatic amines is 1. The van der Waals surface area contributed by atoms with Crippen molar-refractivity contribution in [1.82, 2.24) is 121 Å². The molecule has 20 rings (SSSR count). The number of benzene rings is 8. The van der Waals surface area contributed by atoms with E-state index in [1.807, 2.05) is 163 Å². The molecule has 16 aromatic rings. The Balaban J connectivity index is 0.000000131. The van der Waals surface area contributed by atoms with Gasteiger partial charge < -0.3 is 20.1 Å². The molecule has 8 aromatic carbocycles. The molecule has 2 aliphatic carbocycles. The molecule has 143 heavy (non-hydrogen) atoms. The highest BCUT2D eigenvalue weighted by Crippen LogP contribution is 2.42. The molecule has 4 fully saturated rings. The number of amides is 4. The number of nitrogens with one attached hydrogen (secondary N) is 5. The smallest absolute Gasteiger partial charge is 0.286 e. The zero-order valence-electron chi connectivity index (χ0n) is 79.0. The highest BCUT2D eigenvalue weighted by atomic mass is 35.5. The van der Waals surface area contributed by atoms with Gasteiger partial charge in [0.2, 0.25) is 5.82 Å². The topological polar surface area (TPSA) is 336 Å². The van der Waals surface area contributed by atoms with Crippen LogP contribution in [0.1, 0.15) is 167 Å². The number of halogens is 8. The molecule has 8 aromatic heterocycles. The normalized spacial score (nSPS) is 14.2. The lowest BCUT2D eigenvalue weighted by molar-refractivity contribution is 0.0736. The fraction of sp³-hybridized carbons (Fsp3) is 0.276. The number of ether oxygens (including phenoxy) is 2. The van der Waals surface area contributed by atoms with Gasteiger partial charge in [0.15, 0.2) is 28.6 Å². The van der Waals surface area contributed by atoms with E-state index in [0.29, 0.717) is 108 Å². The van der Waals surface area contributed by atoms with E-state index in [1.165, 1.54) is 25.7 Å². The first-order chi connectivity index (χ1) is 69.5. The highest BCUT2D eigenvalue weighted by Gasteiger charge is 2.34. The summed E-state index contributed by atoms with van der Waals surface area (Å²) in [6.45, 7) is 7.56. The lowest BCUT2D eigenvalue weighted by atomic mass is 9.95. The molecule has 2 aliphatic heterocycles. The predicted octanol–water partition coefficient (Wildman–Crippen LogP) is 23.2. The number of hydrogen-bond donors (Lipinski definition) is 5. The minimum Gasteiger partial charge on any atom is -0.380 e. The molecule has 38 heteroatoms. The molecule has 0 unspecified atom stereocenters. The number of pyridine rings is 2. The minimum atomic E-state index is -0.243. The van der Waals surface area contributed by atoms with E-state index in [0.717, 1.165) is 193 Å². The number of carbonyl (C=O) groups is 4. The van der Waals surface area contributed by atoms with E-state index >= 15 is 0 Å². The van der Waals surface area contributed by atoms with Crippen LogP contribution in [0.4, 0.5) is 0 Å². The second kappa shape index (κ2) is 47.5. The molecule has 734 valence electrons. The quantitative estimate of drug-likeness (QED) is 0.0375. The number of methoxy groups -OCH3 is 2. The van der Waals surface area contributed by atoms with Gasteiger partial charge in [0.05, 0.1) is 84.5 Å². The van der Waals surface area contributed by atoms with Gasteiger partial charge in [-0.2, -0.15) is 25.6 Å². The molecule has 0 bridgehead atoms. The van der Waals surface area contributed by atoms with Gasteiger partial charge >= 0.3 is 0 Å². The van der Waals surface area contributed by atoms with Crippen molar-refractivity contribution in [2.75, 3.05) is 40.4 Å². The Labute approximate surface area is 866 Å². The molecule has 30 nitrogen and oxygen atoms in total. The van der Waals surface area contributed by atoms with Crippen molar-refractivity contribution in [3.05, 3.63) is 304 Å². The number of piperidine rings is 2. The summed E-state index contributed by atoms with van der Waals surface area (Å²) >= 11 is 50.9. The van der Waals surface area contributed by atoms with Crippen LogP contribution in [-0.2, 0) is 29.7 Å². The molecule has 0 spiro atoms. The molecule has 4 amide bonds. The number of aryl methyl sites for hydroxylation is 1. The van der Waals surface area contributed by atoms with Crippen molar-refractivity contribution in [3.63, 3.8) is 0 Å². The average molecular weight is 2080 g/mol. The average Bonchev–Trinajstić information content (AvgIpc) is 1.63. The SMILES string of the molecule is COCc1c(C(=O)NC2CCCCC2)nn(-c2ccc(Cl)cc2Cl)c1-c1ccc(-c2ccccn2)cc1.COCc1c(C(=O)NC2CCCCC2)nn(-c2ccc(Cl)cc2Cl)c1-c1ccc(-c2ccncc2)cc1.Cc1c(C(=O)NN2CCCCC2)nn(-c2ccc(Cl)cc2Cl)c1-c1ccc(-c2nn[nH]n2)cc1.Cc1c(C(=O)NN2CCCCC2)nn(-c2ccc(Cl)cc2Cl)c1-c1ccc(-c2nnnn2C)cc1. The first kappa shape index (κ1) is 102. The summed E-state index contributed by atoms with van der Waals surface area (Å²) < 4.78 is 19.6. The number of rotatable bonds is 24. The fourth-order valence-electron chi connectivity index (χ4n) is 18.2. The summed E-state index contributed by atoms with van der Waals surface area (Å²) in [6.07, 6.45) is 22.8. The monoisotopic (exact) mass is 2070 g/mol. The zero-order chi connectivity index (χ0) is 99.7. The molecule has 2 saturated heterocycles. The summed E-state index contributed by atoms with van der Waals surface area (Å²) in [4.78, 5) is 62.0. The van der Waals surface area contributed by atoms with Gasteiger partial charge in [-0.1, -0.05) is 247 Å². The van der Waals surface area contributed by atoms with E-state index in [-0.39, 0.29) is 48.9 Å². The Bertz CT molecular complexity index is 6930. The van der Waals surface area contributed by atoms with Crippen LogP contribution in [-0.4, -0.2) is 176 Å². The molecule has 4 aliphatic rings. The number of aromatic nitrogens is 18. The van der Waals surface area contributed by atoms with Gasteiger partial charge in [-0.15, -0.1) is 15.3 Å². The second-order valence-electron chi connectivity index (χ2n) is 35.1. The van der Waals surface area contributed by atoms with E-state index in [4.69, 9.17) is 123 Å². The standard InChI is InChI=1S/2C29H28Cl2N4O2.C24H24Cl2N8O.C23H22Cl2N8O/c1-37-18-23-27(29(36)33-22-7-3-2-4-8-22)34-35(26-15-14-21(30)17-24(26)31)28(23)20-12-10-19(11-13-20)25-9-5-6-16-32-25;1-37-18-24-27(29(36)33-23-5-3-2-4-6-23)34-35(26-12-11-22(30)17-25(26)31)28(24)21-9-7-19(8-10-21)20-13-15-32-16-14-20;1-15-21(24(35)29-33-12-4-3-5-13-33)28-34(20-11-10-18(25)14-19(20)26)22(15)16-6-8-17(9-7-16)23-27-30-31-32(23)2;1-14-20(23(34)29-32-11-3-2-4-12-32)28-33(19-10-9-17(24)13-18(19)25)21(14)15-5-7-16(8-6-15)22-26-30-31-27-22/h5-6,9-17,22H,2-4,7-8,18H2,1H3,(H,33,36);7-17,23H,2-6,18H2,1H3,(H,33,36);6-11,14H,3-5,12-13H2,1-2H3,(H,29,35);5-10,13H,2-4,11-12H2,1H3,(H,29,34)(H,26,27,30,31). The van der Waals surface area contributed by atoms with Gasteiger partial charge in [0.1, 0.15) is 0 Å². The van der Waals surface area contributed by atoms with Crippen LogP contribution in [0.3, 0.4) is 0 Å². The Hall–Kier alpha value is -12.9. The van der Waals surface area contributed by atoms with Gasteiger partial charge in [0.25, 0.3) is 23.6 Å². The second-order valence-corrected chi connectivity index (χ2v) is 38.5. The number of nitrogens with zero attached hydrogens (tertiary/aromatic N) is 19. The number of tetrazole rings is 2. The molecule has 10 heterocycles. The lowest BCUT2D eigenvalue weighted by Crippen LogP contribution is -2.45. The third-order valence-corrected chi connectivity index (χ3v) is 27.6. The number of hydrogen-bond acceptors (Lipinski definition) is 20. The zero-order valence-corrected chi connectivity index (χ0v) is 85.0. The maximum atomic E-state index is 13.5. The molecular weight excluding hydrogens is 1980 g/mol. The Morgan fingerprint density at radius 1 is 0.385 bits per heavy atom. The largest absolute Gasteiger partial charge is 0.380 e. The number of H-pyrrole nitrogens is 1. The first-order valence-corrected chi connectivity index (χ1v) is 50.2. The van der Waals surface area contributed by atoms with Crippen LogP contribution in [0.15, 0.2) is 219 Å². The van der Waals surface area contributed by atoms with Crippen molar-refractivity contribution in [2.24, 2.45) is 7.05 Å². The van der Waals surface area contributed by atoms with Crippen molar-refractivity contribution >= 4 is 116 Å². The Kier molecular flexibility index (Phi) is 33.8. The molecular formula is C105H102Cl8N24O6. The fourth-order valence-corrected chi connectivity index (χ4v) is 20.2. The van der Waals surface area contributed by atoms with Crippen LogP contribution in [0.2, 0.25) is 40.2 Å². The summed E-state index contributed by atoms with van der Waals surface area (Å²) in [5.74, 6) is 0.277. The molecule has 2 saturated carbocycles. The van der Waals surface area contributed by atoms with Crippen LogP contribution in [0.25, 0.3) is 113 Å². The molecule has 5 N–H and O–H groups in total. The number of hydrazine groups is 2. The Morgan fingerprint density at radius 3 is 1.12 bits per heavy atom. The summed E-state index contributed by atoms with van der Waals surface area (Å²) in [5.41, 5.74) is 25.0. The molecule has 0 radical (unpaired) electrons. The third-order valence-electron chi connectivity index (χ3n) is 25.4. The first-order valence-electron chi connectivity index (χ1n) is 47.2. The summed E-state index contributed by atoms with van der Waals surface area (Å²) in [5, 5.41) is 58.9. The minimum absolute atomic E-state index is 0.155. The van der Waals surface area contributed by atoms with Crippen LogP contribution in [0.5, 0.6) is 0 Å². The van der Waals surface area contributed by atoms with Gasteiger partial charge in [-0.25, -0.2) is 33.4 Å². The van der Waals surface area contributed by atoms with Crippen molar-refractivity contribution < 1.29 is 28.7 Å². The summed E-state index contributed by atoms with van der Waals surface area (Å²) in [7, 11) is 5.02. The Morgan fingerprint density at radius 2 is 0.748 bits per heavy atom. The number of carbonyl (C=O) groups excluding carboxylic acids is 4. The maximum Gasteiger partial charge on any atom is 0.286 e. The molecule has 0 atom stereocenters. The highest BCUT2D eigenvalue weighted by molar-refractivity contribution is 6.37. The summed E-state index contributed by atoms with van der Waals surface area (Å²) in [6, 6.07) is 62.6.